The van der Waals surface area contributed by atoms with Crippen LogP contribution in [-0.4, -0.2) is 40.1 Å². The first-order valence-electron chi connectivity index (χ1n) is 9.26. The Kier molecular flexibility index (Phi) is 6.46. The number of piperidine rings is 1. The molecule has 3 heterocycles. The predicted octanol–water partition coefficient (Wildman–Crippen LogP) is 1.91. The number of aromatic nitrogens is 4. The van der Waals surface area contributed by atoms with E-state index >= 15 is 0 Å². The number of nitrogens with two attached hydrogens (primary N) is 2. The van der Waals surface area contributed by atoms with Crippen LogP contribution in [0.3, 0.4) is 0 Å². The number of hydrogen-bond acceptors (Lipinski definition) is 7. The van der Waals surface area contributed by atoms with E-state index in [2.05, 4.69) is 20.3 Å². The lowest BCUT2D eigenvalue weighted by Crippen LogP contribution is -2.34. The highest BCUT2D eigenvalue weighted by molar-refractivity contribution is 5.87. The molecule has 0 aliphatic carbocycles. The van der Waals surface area contributed by atoms with Gasteiger partial charge >= 0.3 is 0 Å². The summed E-state index contributed by atoms with van der Waals surface area (Å²) < 4.78 is 5.38. The lowest BCUT2D eigenvalue weighted by atomic mass is 9.90. The Morgan fingerprint density at radius 1 is 1.25 bits per heavy atom. The number of benzene rings is 1. The molecule has 28 heavy (non-hydrogen) atoms. The van der Waals surface area contributed by atoms with Crippen molar-refractivity contribution in [3.63, 3.8) is 0 Å². The first-order valence-corrected chi connectivity index (χ1v) is 9.26. The third-order valence-corrected chi connectivity index (χ3v) is 5.27. The third kappa shape index (κ3) is 3.81. The van der Waals surface area contributed by atoms with Gasteiger partial charge in [-0.25, -0.2) is 15.0 Å². The fourth-order valence-corrected chi connectivity index (χ4v) is 3.71. The van der Waals surface area contributed by atoms with Gasteiger partial charge in [-0.1, -0.05) is 0 Å². The van der Waals surface area contributed by atoms with E-state index < -0.39 is 0 Å². The van der Waals surface area contributed by atoms with Gasteiger partial charge in [0.05, 0.1) is 25.2 Å². The molecule has 0 bridgehead atoms. The maximum atomic E-state index is 6.55. The third-order valence-electron chi connectivity index (χ3n) is 5.27. The Morgan fingerprint density at radius 3 is 2.75 bits per heavy atom. The number of aromatic amines is 1. The zero-order chi connectivity index (χ0) is 18.8. The van der Waals surface area contributed by atoms with Gasteiger partial charge in [0.25, 0.3) is 0 Å². The van der Waals surface area contributed by atoms with Crippen molar-refractivity contribution in [3.8, 4) is 17.0 Å². The molecule has 8 nitrogen and oxygen atoms in total. The fraction of sp³-hybridized carbons (Fsp3) is 0.421. The maximum absolute atomic E-state index is 6.55. The van der Waals surface area contributed by atoms with E-state index in [1.165, 1.54) is 0 Å². The number of fused-ring (bicyclic) bond motifs is 1. The molecule has 1 aliphatic heterocycles. The molecule has 9 heteroatoms. The zero-order valence-corrected chi connectivity index (χ0v) is 16.6. The molecule has 1 aromatic carbocycles. The molecule has 6 N–H and O–H groups in total. The van der Waals surface area contributed by atoms with Gasteiger partial charge in [-0.2, -0.15) is 0 Å². The van der Waals surface area contributed by atoms with Gasteiger partial charge in [0.15, 0.2) is 5.65 Å². The molecular weight excluding hydrogens is 378 g/mol. The molecule has 150 valence electrons. The number of ether oxygens (including phenoxy) is 1. The van der Waals surface area contributed by atoms with E-state index in [9.17, 15) is 0 Å². The molecule has 1 unspecified atom stereocenters. The Labute approximate surface area is 169 Å². The summed E-state index contributed by atoms with van der Waals surface area (Å²) in [4.78, 5) is 17.0. The summed E-state index contributed by atoms with van der Waals surface area (Å²) in [7, 11) is 1.64. The van der Waals surface area contributed by atoms with Gasteiger partial charge in [-0.15, -0.1) is 12.4 Å². The van der Waals surface area contributed by atoms with Crippen molar-refractivity contribution < 1.29 is 4.74 Å². The van der Waals surface area contributed by atoms with Crippen molar-refractivity contribution in [2.24, 2.45) is 17.4 Å². The van der Waals surface area contributed by atoms with Gasteiger partial charge in [0.1, 0.15) is 17.1 Å². The van der Waals surface area contributed by atoms with Crippen LogP contribution in [0, 0.1) is 5.92 Å². The largest absolute Gasteiger partial charge is 0.496 e. The van der Waals surface area contributed by atoms with Gasteiger partial charge in [-0.05, 0) is 50.0 Å². The summed E-state index contributed by atoms with van der Waals surface area (Å²) >= 11 is 0. The zero-order valence-electron chi connectivity index (χ0n) is 15.8. The minimum absolute atomic E-state index is 0. The van der Waals surface area contributed by atoms with Gasteiger partial charge in [-0.3, -0.25) is 0 Å². The second-order valence-electron chi connectivity index (χ2n) is 6.88. The summed E-state index contributed by atoms with van der Waals surface area (Å²) in [6.07, 6.45) is 3.69. The second-order valence-corrected chi connectivity index (χ2v) is 6.88. The van der Waals surface area contributed by atoms with E-state index in [-0.39, 0.29) is 18.4 Å². The second kappa shape index (κ2) is 8.83. The molecule has 1 aliphatic rings. The highest BCUT2D eigenvalue weighted by Crippen LogP contribution is 2.31. The first-order chi connectivity index (χ1) is 13.2. The van der Waals surface area contributed by atoms with Crippen molar-refractivity contribution in [1.82, 2.24) is 25.3 Å². The Hall–Kier alpha value is -2.26. The first kappa shape index (κ1) is 20.5. The Morgan fingerprint density at radius 2 is 2.04 bits per heavy atom. The average Bonchev–Trinajstić information content (AvgIpc) is 3.21. The predicted molar refractivity (Wildman–Crippen MR) is 111 cm³/mol. The van der Waals surface area contributed by atoms with Crippen LogP contribution in [-0.2, 0) is 6.54 Å². The van der Waals surface area contributed by atoms with E-state index in [1.54, 1.807) is 13.4 Å². The van der Waals surface area contributed by atoms with Crippen molar-refractivity contribution in [3.05, 3.63) is 35.9 Å². The molecule has 1 atom stereocenters. The van der Waals surface area contributed by atoms with Crippen LogP contribution in [0.5, 0.6) is 5.75 Å². The number of rotatable bonds is 5. The topological polar surface area (TPSA) is 128 Å². The van der Waals surface area contributed by atoms with E-state index in [0.29, 0.717) is 23.9 Å². The minimum atomic E-state index is -0.209. The summed E-state index contributed by atoms with van der Waals surface area (Å²) in [5, 5.41) is 3.37. The van der Waals surface area contributed by atoms with Crippen LogP contribution in [0.15, 0.2) is 24.5 Å². The van der Waals surface area contributed by atoms with Crippen molar-refractivity contribution in [2.75, 3.05) is 20.2 Å². The van der Waals surface area contributed by atoms with Crippen LogP contribution in [0.2, 0.25) is 0 Å². The smallest absolute Gasteiger partial charge is 0.181 e. The summed E-state index contributed by atoms with van der Waals surface area (Å²) in [5.74, 6) is 1.77. The lowest BCUT2D eigenvalue weighted by molar-refractivity contribution is 0.314. The monoisotopic (exact) mass is 403 g/mol. The highest BCUT2D eigenvalue weighted by atomic mass is 35.5. The highest BCUT2D eigenvalue weighted by Gasteiger charge is 2.25. The molecule has 3 aromatic rings. The maximum Gasteiger partial charge on any atom is 0.181 e. The van der Waals surface area contributed by atoms with Crippen LogP contribution < -0.4 is 21.5 Å². The normalized spacial score (nSPS) is 16.0. The molecule has 1 fully saturated rings. The fourth-order valence-electron chi connectivity index (χ4n) is 3.71. The number of methoxy groups -OCH3 is 1. The molecule has 0 radical (unpaired) electrons. The van der Waals surface area contributed by atoms with Crippen LogP contribution in [0.25, 0.3) is 22.4 Å². The molecule has 0 saturated carbocycles. The number of imidazole rings is 1. The van der Waals surface area contributed by atoms with E-state index in [4.69, 9.17) is 21.2 Å². The number of nitrogens with zero attached hydrogens (tertiary/aromatic N) is 3. The van der Waals surface area contributed by atoms with Gasteiger partial charge in [0, 0.05) is 17.7 Å². The number of hydrogen-bond donors (Lipinski definition) is 4. The summed E-state index contributed by atoms with van der Waals surface area (Å²) in [6, 6.07) is 5.68. The van der Waals surface area contributed by atoms with Crippen LogP contribution in [0.4, 0.5) is 0 Å². The lowest BCUT2D eigenvalue weighted by Gasteiger charge is -2.27. The number of H-pyrrole nitrogens is 1. The summed E-state index contributed by atoms with van der Waals surface area (Å²) in [5.41, 5.74) is 16.5. The van der Waals surface area contributed by atoms with E-state index in [1.807, 2.05) is 18.2 Å². The van der Waals surface area contributed by atoms with Gasteiger partial charge in [0.2, 0.25) is 0 Å². The Bertz CT molecular complexity index is 939. The molecule has 0 spiro atoms. The minimum Gasteiger partial charge on any atom is -0.496 e. The van der Waals surface area contributed by atoms with Crippen molar-refractivity contribution in [1.29, 1.82) is 0 Å². The molecular formula is C19H26ClN7O. The molecule has 0 amide bonds. The van der Waals surface area contributed by atoms with Crippen LogP contribution in [0.1, 0.15) is 30.3 Å². The van der Waals surface area contributed by atoms with Crippen molar-refractivity contribution in [2.45, 2.75) is 25.4 Å². The molecule has 1 saturated heterocycles. The average molecular weight is 404 g/mol. The standard InChI is InChI=1S/C19H25N7O.ClH/c1-27-14-3-2-12(8-13(14)9-20)16-17-19(24-10-23-17)26-18(25-16)15(21)11-4-6-22-7-5-11;/h2-3,8,10-11,15,22H,4-7,9,20-21H2,1H3,(H,23,24,25,26);1H. The quantitative estimate of drug-likeness (QED) is 0.512. The summed E-state index contributed by atoms with van der Waals surface area (Å²) in [6.45, 7) is 2.35. The van der Waals surface area contributed by atoms with E-state index in [0.717, 1.165) is 54.0 Å². The van der Waals surface area contributed by atoms with Gasteiger partial charge < -0.3 is 26.5 Å². The number of nitrogens with one attached hydrogen (secondary N) is 2. The van der Waals surface area contributed by atoms with Crippen LogP contribution >= 0.6 is 12.4 Å². The van der Waals surface area contributed by atoms with Crippen molar-refractivity contribution >= 4 is 23.6 Å². The SMILES string of the molecule is COc1ccc(-c2nc(C(N)C3CCNCC3)nc3nc[nH]c23)cc1CN.Cl. The number of halogens is 1. The Balaban J connectivity index is 0.00000225. The molecule has 2 aromatic heterocycles. The molecule has 4 rings (SSSR count).